The largest absolute Gasteiger partial charge is 0.487 e. The third-order valence-corrected chi connectivity index (χ3v) is 5.81. The van der Waals surface area contributed by atoms with Crippen molar-refractivity contribution in [3.05, 3.63) is 33.9 Å². The van der Waals surface area contributed by atoms with E-state index in [4.69, 9.17) is 20.1 Å². The third-order valence-electron chi connectivity index (χ3n) is 5.81. The molecule has 3 heterocycles. The molecule has 1 aromatic heterocycles. The molecule has 11 nitrogen and oxygen atoms in total. The molecule has 3 N–H and O–H groups in total. The van der Waals surface area contributed by atoms with Gasteiger partial charge in [-0.05, 0) is 26.8 Å². The maximum Gasteiger partial charge on any atom is 0.341 e. The highest BCUT2D eigenvalue weighted by molar-refractivity contribution is 6.10. The number of pyridine rings is 1. The summed E-state index contributed by atoms with van der Waals surface area (Å²) in [6.07, 6.45) is 1.28. The van der Waals surface area contributed by atoms with Crippen LogP contribution in [0.25, 0.3) is 10.9 Å². The molecule has 1 unspecified atom stereocenters. The second-order valence-corrected chi connectivity index (χ2v) is 8.04. The van der Waals surface area contributed by atoms with Gasteiger partial charge in [-0.25, -0.2) is 9.18 Å². The maximum atomic E-state index is 15.5. The molecule has 2 atom stereocenters. The topological polar surface area (TPSA) is 141 Å². The average molecular weight is 475 g/mol. The summed E-state index contributed by atoms with van der Waals surface area (Å²) in [5.74, 6) is -2.24. The number of hydrogen-bond acceptors (Lipinski definition) is 8. The molecule has 12 heteroatoms. The minimum Gasteiger partial charge on any atom is -0.487 e. The molecule has 2 aliphatic rings. The zero-order valence-electron chi connectivity index (χ0n) is 19.1. The van der Waals surface area contributed by atoms with Crippen LogP contribution < -0.4 is 20.8 Å². The van der Waals surface area contributed by atoms with Crippen LogP contribution in [-0.4, -0.2) is 60.1 Å². The fourth-order valence-electron chi connectivity index (χ4n) is 4.23. The molecule has 182 valence electrons. The smallest absolute Gasteiger partial charge is 0.341 e. The van der Waals surface area contributed by atoms with E-state index in [-0.39, 0.29) is 48.4 Å². The van der Waals surface area contributed by atoms with Gasteiger partial charge in [-0.1, -0.05) is 10.3 Å². The van der Waals surface area contributed by atoms with E-state index in [2.05, 4.69) is 10.3 Å². The number of aromatic nitrogens is 1. The summed E-state index contributed by atoms with van der Waals surface area (Å²) in [5, 5.41) is 17.4. The summed E-state index contributed by atoms with van der Waals surface area (Å²) in [6.45, 7) is 6.63. The van der Waals surface area contributed by atoms with E-state index in [1.165, 1.54) is 6.20 Å². The van der Waals surface area contributed by atoms with Gasteiger partial charge in [0, 0.05) is 12.7 Å². The third kappa shape index (κ3) is 3.88. The monoisotopic (exact) mass is 475 g/mol. The van der Waals surface area contributed by atoms with E-state index < -0.39 is 28.7 Å². The predicted molar refractivity (Wildman–Crippen MR) is 123 cm³/mol. The van der Waals surface area contributed by atoms with Gasteiger partial charge in [0.15, 0.2) is 11.6 Å². The van der Waals surface area contributed by atoms with Crippen LogP contribution in [0.1, 0.15) is 37.2 Å². The molecule has 2 aliphatic heterocycles. The lowest BCUT2D eigenvalue weighted by atomic mass is 10.1. The van der Waals surface area contributed by atoms with Crippen LogP contribution in [0.4, 0.5) is 10.1 Å². The summed E-state index contributed by atoms with van der Waals surface area (Å²) < 4.78 is 23.1. The number of aromatic carboxylic acids is 1. The maximum absolute atomic E-state index is 15.5. The molecule has 34 heavy (non-hydrogen) atoms. The zero-order chi connectivity index (χ0) is 24.6. The second-order valence-electron chi connectivity index (χ2n) is 8.04. The van der Waals surface area contributed by atoms with Gasteiger partial charge in [0.25, 0.3) is 0 Å². The van der Waals surface area contributed by atoms with Gasteiger partial charge in [0.1, 0.15) is 36.9 Å². The minimum atomic E-state index is -1.37. The lowest BCUT2D eigenvalue weighted by Crippen LogP contribution is -2.31. The first-order valence-corrected chi connectivity index (χ1v) is 10.9. The Morgan fingerprint density at radius 3 is 2.76 bits per heavy atom. The number of rotatable bonds is 7. The molecular formula is C22H26FN5O6. The van der Waals surface area contributed by atoms with Crippen molar-refractivity contribution in [2.24, 2.45) is 22.0 Å². The quantitative estimate of drug-likeness (QED) is 0.352. The Hall–Kier alpha value is -3.83. The van der Waals surface area contributed by atoms with E-state index in [0.717, 1.165) is 6.07 Å². The highest BCUT2D eigenvalue weighted by Crippen LogP contribution is 2.43. The van der Waals surface area contributed by atoms with Gasteiger partial charge in [0.05, 0.1) is 35.1 Å². The van der Waals surface area contributed by atoms with Crippen molar-refractivity contribution < 1.29 is 28.7 Å². The molecule has 1 fully saturated rings. The molecular weight excluding hydrogens is 449 g/mol. The van der Waals surface area contributed by atoms with Crippen molar-refractivity contribution in [2.75, 3.05) is 37.8 Å². The number of amidine groups is 1. The fraction of sp³-hybridized carbons (Fsp3) is 0.455. The van der Waals surface area contributed by atoms with Crippen molar-refractivity contribution in [3.8, 4) is 5.75 Å². The Bertz CT molecular complexity index is 1260. The number of anilines is 1. The lowest BCUT2D eigenvalue weighted by molar-refractivity contribution is 0.0694. The van der Waals surface area contributed by atoms with Crippen LogP contribution in [0.15, 0.2) is 27.4 Å². The van der Waals surface area contributed by atoms with Crippen LogP contribution in [0.3, 0.4) is 0 Å². The molecule has 0 aliphatic carbocycles. The van der Waals surface area contributed by atoms with Crippen LogP contribution in [0, 0.1) is 11.7 Å². The number of carboxylic acids is 1. The first kappa shape index (κ1) is 23.3. The molecule has 0 spiro atoms. The van der Waals surface area contributed by atoms with Gasteiger partial charge < -0.3 is 34.7 Å². The van der Waals surface area contributed by atoms with Crippen molar-refractivity contribution in [3.63, 3.8) is 0 Å². The summed E-state index contributed by atoms with van der Waals surface area (Å²) in [6, 6.07) is 0.799. The molecule has 0 bridgehead atoms. The SMILES string of the molecule is CCO/N=C1\CN(c2c(F)cc3c(=O)c(C(=O)O)cn4c3c2OC[C@@H]4C)CC1/C(N)=N\OCC. The van der Waals surface area contributed by atoms with E-state index in [1.807, 2.05) is 6.92 Å². The standard InChI is InChI=1S/C22H26FN5O6/c1-4-33-25-16-9-27(7-13(16)21(24)26-34-5-2)18-15(23)6-12-17-20(18)32-10-11(3)28(17)8-14(19(12)29)22(30)31/h6,8,11,13H,4-5,7,9-10H2,1-3H3,(H2,24,26)(H,30,31)/b25-16+/t11-,13?/m0/s1. The van der Waals surface area contributed by atoms with Crippen LogP contribution in [0.2, 0.25) is 0 Å². The number of hydrogen-bond donors (Lipinski definition) is 2. The van der Waals surface area contributed by atoms with Crippen molar-refractivity contribution in [1.82, 2.24) is 4.57 Å². The Kier molecular flexibility index (Phi) is 6.31. The second kappa shape index (κ2) is 9.20. The normalized spacial score (nSPS) is 21.1. The van der Waals surface area contributed by atoms with Crippen LogP contribution in [0.5, 0.6) is 5.75 Å². The number of carbonyl (C=O) groups is 1. The Balaban J connectivity index is 1.87. The van der Waals surface area contributed by atoms with Gasteiger partial charge in [-0.3, -0.25) is 4.79 Å². The van der Waals surface area contributed by atoms with E-state index in [1.54, 1.807) is 23.3 Å². The van der Waals surface area contributed by atoms with Crippen LogP contribution in [-0.2, 0) is 9.68 Å². The van der Waals surface area contributed by atoms with Crippen molar-refractivity contribution >= 4 is 34.1 Å². The summed E-state index contributed by atoms with van der Waals surface area (Å²) in [7, 11) is 0. The first-order valence-electron chi connectivity index (χ1n) is 10.9. The minimum absolute atomic E-state index is 0.0564. The Morgan fingerprint density at radius 1 is 1.35 bits per heavy atom. The zero-order valence-corrected chi connectivity index (χ0v) is 19.1. The Morgan fingerprint density at radius 2 is 2.09 bits per heavy atom. The molecule has 4 rings (SSSR count). The van der Waals surface area contributed by atoms with Gasteiger partial charge >= 0.3 is 5.97 Å². The molecule has 0 radical (unpaired) electrons. The van der Waals surface area contributed by atoms with E-state index in [9.17, 15) is 14.7 Å². The average Bonchev–Trinajstić information content (AvgIpc) is 3.22. The lowest BCUT2D eigenvalue weighted by Gasteiger charge is -2.31. The number of carboxylic acid groups (broad SMARTS) is 1. The summed E-state index contributed by atoms with van der Waals surface area (Å²) >= 11 is 0. The summed E-state index contributed by atoms with van der Waals surface area (Å²) in [5.41, 5.74) is 5.94. The highest BCUT2D eigenvalue weighted by atomic mass is 19.1. The van der Waals surface area contributed by atoms with E-state index in [0.29, 0.717) is 24.4 Å². The number of nitrogens with zero attached hydrogens (tertiary/aromatic N) is 4. The number of oxime groups is 2. The van der Waals surface area contributed by atoms with E-state index >= 15 is 4.39 Å². The fourth-order valence-corrected chi connectivity index (χ4v) is 4.23. The molecule has 0 amide bonds. The van der Waals surface area contributed by atoms with Crippen molar-refractivity contribution in [2.45, 2.75) is 26.8 Å². The predicted octanol–water partition coefficient (Wildman–Crippen LogP) is 1.93. The number of ether oxygens (including phenoxy) is 1. The molecule has 1 saturated heterocycles. The van der Waals surface area contributed by atoms with Gasteiger partial charge in [-0.2, -0.15) is 0 Å². The van der Waals surface area contributed by atoms with Crippen molar-refractivity contribution in [1.29, 1.82) is 0 Å². The highest BCUT2D eigenvalue weighted by Gasteiger charge is 2.38. The Labute approximate surface area is 194 Å². The van der Waals surface area contributed by atoms with Gasteiger partial charge in [-0.15, -0.1) is 0 Å². The molecule has 1 aromatic carbocycles. The number of halogens is 1. The molecule has 0 saturated carbocycles. The van der Waals surface area contributed by atoms with Crippen LogP contribution >= 0.6 is 0 Å². The number of benzene rings is 1. The number of nitrogens with two attached hydrogens (primary N) is 1. The molecule has 2 aromatic rings. The van der Waals surface area contributed by atoms with Gasteiger partial charge in [0.2, 0.25) is 5.43 Å². The first-order chi connectivity index (χ1) is 16.3. The summed E-state index contributed by atoms with van der Waals surface area (Å²) in [4.78, 5) is 36.4.